The Kier molecular flexibility index (Phi) is 4.30. The van der Waals surface area contributed by atoms with Crippen molar-refractivity contribution >= 4 is 29.1 Å². The van der Waals surface area contributed by atoms with E-state index >= 15 is 0 Å². The van der Waals surface area contributed by atoms with Gasteiger partial charge in [-0.25, -0.2) is 0 Å². The van der Waals surface area contributed by atoms with Gasteiger partial charge in [-0.3, -0.25) is 4.79 Å². The third-order valence-corrected chi connectivity index (χ3v) is 2.95. The highest BCUT2D eigenvalue weighted by Gasteiger charge is 2.07. The van der Waals surface area contributed by atoms with Crippen LogP contribution in [-0.4, -0.2) is 11.0 Å². The third kappa shape index (κ3) is 3.88. The van der Waals surface area contributed by atoms with Crippen LogP contribution in [0.3, 0.4) is 0 Å². The van der Waals surface area contributed by atoms with E-state index in [0.717, 1.165) is 5.56 Å². The Balaban J connectivity index is 2.03. The number of halogens is 2. The third-order valence-electron chi connectivity index (χ3n) is 2.51. The minimum Gasteiger partial charge on any atom is -0.508 e. The molecule has 0 atom stereocenters. The van der Waals surface area contributed by atoms with Crippen LogP contribution in [0.4, 0.5) is 0 Å². The van der Waals surface area contributed by atoms with Crippen molar-refractivity contribution in [2.75, 3.05) is 0 Å². The van der Waals surface area contributed by atoms with Crippen LogP contribution < -0.4 is 5.32 Å². The molecule has 2 aromatic rings. The number of hydrogen-bond acceptors (Lipinski definition) is 2. The first kappa shape index (κ1) is 13.7. The number of carbonyl (C=O) groups excluding carboxylic acids is 1. The van der Waals surface area contributed by atoms with E-state index in [1.165, 1.54) is 0 Å². The Morgan fingerprint density at radius 3 is 2.21 bits per heavy atom. The van der Waals surface area contributed by atoms with Gasteiger partial charge in [-0.2, -0.15) is 0 Å². The molecule has 0 bridgehead atoms. The summed E-state index contributed by atoms with van der Waals surface area (Å²) in [4.78, 5) is 11.9. The average Bonchev–Trinajstić information content (AvgIpc) is 2.36. The zero-order valence-electron chi connectivity index (χ0n) is 9.86. The topological polar surface area (TPSA) is 49.3 Å². The summed E-state index contributed by atoms with van der Waals surface area (Å²) in [6, 6.07) is 11.3. The van der Waals surface area contributed by atoms with Crippen molar-refractivity contribution in [1.29, 1.82) is 0 Å². The van der Waals surface area contributed by atoms with Gasteiger partial charge in [0, 0.05) is 22.2 Å². The highest BCUT2D eigenvalue weighted by molar-refractivity contribution is 6.35. The molecule has 5 heteroatoms. The van der Waals surface area contributed by atoms with Crippen LogP contribution in [0.1, 0.15) is 15.9 Å². The smallest absolute Gasteiger partial charge is 0.251 e. The number of carbonyl (C=O) groups is 1. The summed E-state index contributed by atoms with van der Waals surface area (Å²) >= 11 is 11.7. The first-order chi connectivity index (χ1) is 9.04. The molecular formula is C14H11Cl2NO2. The average molecular weight is 296 g/mol. The van der Waals surface area contributed by atoms with E-state index in [0.29, 0.717) is 22.2 Å². The second-order valence-corrected chi connectivity index (χ2v) is 4.88. The van der Waals surface area contributed by atoms with Gasteiger partial charge in [-0.15, -0.1) is 0 Å². The van der Waals surface area contributed by atoms with Gasteiger partial charge in [0.25, 0.3) is 5.91 Å². The van der Waals surface area contributed by atoms with E-state index in [-0.39, 0.29) is 11.7 Å². The number of rotatable bonds is 3. The summed E-state index contributed by atoms with van der Waals surface area (Å²) in [6.07, 6.45) is 0. The number of hydrogen-bond donors (Lipinski definition) is 2. The normalized spacial score (nSPS) is 10.2. The number of phenolic OH excluding ortho intramolecular Hbond substituents is 1. The second kappa shape index (κ2) is 5.95. The minimum absolute atomic E-state index is 0.191. The fraction of sp³-hybridized carbons (Fsp3) is 0.0714. The molecule has 2 aromatic carbocycles. The first-order valence-corrected chi connectivity index (χ1v) is 6.32. The molecule has 0 unspecified atom stereocenters. The van der Waals surface area contributed by atoms with Gasteiger partial charge < -0.3 is 10.4 Å². The molecule has 2 N–H and O–H groups in total. The number of aromatic hydroxyl groups is 1. The largest absolute Gasteiger partial charge is 0.508 e. The molecule has 1 amide bonds. The molecule has 0 heterocycles. The predicted octanol–water partition coefficient (Wildman–Crippen LogP) is 3.63. The van der Waals surface area contributed by atoms with Crippen molar-refractivity contribution in [3.05, 3.63) is 63.6 Å². The molecule has 0 radical (unpaired) electrons. The lowest BCUT2D eigenvalue weighted by Crippen LogP contribution is -2.22. The highest BCUT2D eigenvalue weighted by Crippen LogP contribution is 2.19. The molecule has 0 aliphatic heterocycles. The van der Waals surface area contributed by atoms with Crippen LogP contribution in [0.5, 0.6) is 5.75 Å². The van der Waals surface area contributed by atoms with E-state index in [1.807, 2.05) is 0 Å². The van der Waals surface area contributed by atoms with E-state index in [4.69, 9.17) is 28.3 Å². The Morgan fingerprint density at radius 2 is 1.63 bits per heavy atom. The Hall–Kier alpha value is -1.71. The van der Waals surface area contributed by atoms with Crippen LogP contribution in [0, 0.1) is 0 Å². The Bertz CT molecular complexity index is 577. The fourth-order valence-electron chi connectivity index (χ4n) is 1.58. The van der Waals surface area contributed by atoms with Gasteiger partial charge in [0.05, 0.1) is 0 Å². The fourth-order valence-corrected chi connectivity index (χ4v) is 2.11. The molecule has 3 nitrogen and oxygen atoms in total. The minimum atomic E-state index is -0.252. The zero-order chi connectivity index (χ0) is 13.8. The van der Waals surface area contributed by atoms with Gasteiger partial charge in [-0.1, -0.05) is 35.3 Å². The van der Waals surface area contributed by atoms with Crippen molar-refractivity contribution in [1.82, 2.24) is 5.32 Å². The van der Waals surface area contributed by atoms with Crippen molar-refractivity contribution in [3.8, 4) is 5.75 Å². The number of amides is 1. The van der Waals surface area contributed by atoms with Gasteiger partial charge >= 0.3 is 0 Å². The maximum Gasteiger partial charge on any atom is 0.251 e. The van der Waals surface area contributed by atoms with Crippen LogP contribution in [0.25, 0.3) is 0 Å². The summed E-state index contributed by atoms with van der Waals surface area (Å²) in [7, 11) is 0. The van der Waals surface area contributed by atoms with Crippen LogP contribution >= 0.6 is 23.2 Å². The summed E-state index contributed by atoms with van der Waals surface area (Å²) in [5.41, 5.74) is 1.30. The quantitative estimate of drug-likeness (QED) is 0.908. The SMILES string of the molecule is O=C(NCc1ccc(O)cc1)c1cc(Cl)cc(Cl)c1. The van der Waals surface area contributed by atoms with Crippen LogP contribution in [0.2, 0.25) is 10.0 Å². The number of nitrogens with one attached hydrogen (secondary N) is 1. The van der Waals surface area contributed by atoms with Crippen molar-refractivity contribution < 1.29 is 9.90 Å². The molecule has 19 heavy (non-hydrogen) atoms. The van der Waals surface area contributed by atoms with Crippen LogP contribution in [-0.2, 0) is 6.54 Å². The van der Waals surface area contributed by atoms with Gasteiger partial charge in [0.15, 0.2) is 0 Å². The van der Waals surface area contributed by atoms with Crippen LogP contribution in [0.15, 0.2) is 42.5 Å². The van der Waals surface area contributed by atoms with Crippen molar-refractivity contribution in [2.24, 2.45) is 0 Å². The monoisotopic (exact) mass is 295 g/mol. The van der Waals surface area contributed by atoms with E-state index < -0.39 is 0 Å². The Morgan fingerprint density at radius 1 is 1.05 bits per heavy atom. The molecule has 0 saturated heterocycles. The Labute approximate surface area is 120 Å². The van der Waals surface area contributed by atoms with E-state index in [2.05, 4.69) is 5.32 Å². The van der Waals surface area contributed by atoms with Gasteiger partial charge in [-0.05, 0) is 35.9 Å². The highest BCUT2D eigenvalue weighted by atomic mass is 35.5. The predicted molar refractivity (Wildman–Crippen MR) is 75.7 cm³/mol. The first-order valence-electron chi connectivity index (χ1n) is 5.57. The maximum atomic E-state index is 11.9. The molecule has 0 aliphatic carbocycles. The molecule has 0 aliphatic rings. The zero-order valence-corrected chi connectivity index (χ0v) is 11.4. The molecule has 0 saturated carbocycles. The van der Waals surface area contributed by atoms with Gasteiger partial charge in [0.2, 0.25) is 0 Å². The summed E-state index contributed by atoms with van der Waals surface area (Å²) < 4.78 is 0. The van der Waals surface area contributed by atoms with Crippen molar-refractivity contribution in [2.45, 2.75) is 6.54 Å². The lowest BCUT2D eigenvalue weighted by molar-refractivity contribution is 0.0951. The lowest BCUT2D eigenvalue weighted by atomic mass is 10.2. The summed E-state index contributed by atoms with van der Waals surface area (Å²) in [5, 5.41) is 12.7. The number of phenols is 1. The summed E-state index contributed by atoms with van der Waals surface area (Å²) in [6.45, 7) is 0.364. The molecule has 2 rings (SSSR count). The molecular weight excluding hydrogens is 285 g/mol. The van der Waals surface area contributed by atoms with Gasteiger partial charge in [0.1, 0.15) is 5.75 Å². The molecule has 0 aromatic heterocycles. The van der Waals surface area contributed by atoms with Crippen molar-refractivity contribution in [3.63, 3.8) is 0 Å². The maximum absolute atomic E-state index is 11.9. The van der Waals surface area contributed by atoms with E-state index in [1.54, 1.807) is 42.5 Å². The summed E-state index contributed by atoms with van der Waals surface area (Å²) in [5.74, 6) is -0.0609. The molecule has 98 valence electrons. The molecule has 0 spiro atoms. The second-order valence-electron chi connectivity index (χ2n) is 4.01. The molecule has 0 fully saturated rings. The van der Waals surface area contributed by atoms with E-state index in [9.17, 15) is 4.79 Å². The number of benzene rings is 2. The standard InChI is InChI=1S/C14H11Cl2NO2/c15-11-5-10(6-12(16)7-11)14(19)17-8-9-1-3-13(18)4-2-9/h1-7,18H,8H2,(H,17,19). The lowest BCUT2D eigenvalue weighted by Gasteiger charge is -2.06.